The molecule has 1 heterocycles. The molecule has 0 bridgehead atoms. The highest BCUT2D eigenvalue weighted by Crippen LogP contribution is 2.23. The maximum absolute atomic E-state index is 13.1. The van der Waals surface area contributed by atoms with E-state index in [9.17, 15) is 40.5 Å². The molecule has 68 heavy (non-hydrogen) atoms. The summed E-state index contributed by atoms with van der Waals surface area (Å²) >= 11 is 0. The Hall–Kier alpha value is -1.15. The average Bonchev–Trinajstić information content (AvgIpc) is 3.34. The molecule has 0 radical (unpaired) electrons. The molecule has 11 nitrogen and oxygen atoms in total. The monoisotopic (exact) mass is 970 g/mol. The number of unbranched alkanes of at least 4 members (excludes halogenated alkanes) is 36. The zero-order valence-electron chi connectivity index (χ0n) is 44.1. The zero-order valence-corrected chi connectivity index (χ0v) is 44.1. The lowest BCUT2D eigenvalue weighted by Gasteiger charge is -2.40. The van der Waals surface area contributed by atoms with Gasteiger partial charge in [0, 0.05) is 0 Å². The van der Waals surface area contributed by atoms with E-state index in [4.69, 9.17) is 9.47 Å². The molecule has 1 aliphatic rings. The molecule has 0 aromatic carbocycles. The topological polar surface area (TPSA) is 189 Å². The number of nitrogens with one attached hydrogen (secondary N) is 1. The minimum absolute atomic E-state index is 0.258. The average molecular weight is 971 g/mol. The molecule has 1 aliphatic heterocycles. The first-order valence-electron chi connectivity index (χ1n) is 29.1. The molecule has 0 aliphatic carbocycles. The summed E-state index contributed by atoms with van der Waals surface area (Å²) in [5.74, 6) is -0.704. The molecule has 11 heteroatoms. The molecule has 404 valence electrons. The van der Waals surface area contributed by atoms with Crippen LogP contribution < -0.4 is 5.32 Å². The van der Waals surface area contributed by atoms with Gasteiger partial charge in [-0.25, -0.2) is 0 Å². The van der Waals surface area contributed by atoms with Gasteiger partial charge in [-0.2, -0.15) is 0 Å². The van der Waals surface area contributed by atoms with Gasteiger partial charge in [-0.1, -0.05) is 251 Å². The van der Waals surface area contributed by atoms with Crippen LogP contribution in [-0.4, -0.2) is 110 Å². The van der Waals surface area contributed by atoms with Crippen molar-refractivity contribution in [1.82, 2.24) is 5.32 Å². The van der Waals surface area contributed by atoms with Crippen molar-refractivity contribution in [2.45, 2.75) is 332 Å². The lowest BCUT2D eigenvalue weighted by Crippen LogP contribution is -2.60. The van der Waals surface area contributed by atoms with Gasteiger partial charge >= 0.3 is 0 Å². The van der Waals surface area contributed by atoms with Gasteiger partial charge in [0.15, 0.2) is 6.29 Å². The smallest absolute Gasteiger partial charge is 0.249 e. The van der Waals surface area contributed by atoms with E-state index in [-0.39, 0.29) is 12.8 Å². The number of amides is 1. The molecule has 0 spiro atoms. The fraction of sp³-hybridized carbons (Fsp3) is 0.947. The summed E-state index contributed by atoms with van der Waals surface area (Å²) < 4.78 is 11.1. The van der Waals surface area contributed by atoms with Crippen molar-refractivity contribution in [3.8, 4) is 0 Å². The van der Waals surface area contributed by atoms with Crippen LogP contribution in [0, 0.1) is 0 Å². The highest BCUT2D eigenvalue weighted by atomic mass is 16.7. The predicted octanol–water partition coefficient (Wildman–Crippen LogP) is 12.0. The number of hydrogen-bond acceptors (Lipinski definition) is 10. The third kappa shape index (κ3) is 35.1. The SMILES string of the molecule is CCCCCCCCCCCCCCCCCCCCCCCCCCC/C=C/CCCC(O)C(O)C(COC1OC(CO)C(O)C(O)C1O)NC(=O)C(O)CCCCCCCCCCCCC. The van der Waals surface area contributed by atoms with Crippen molar-refractivity contribution >= 4 is 5.91 Å². The Labute approximate surface area is 417 Å². The number of allylic oxidation sites excluding steroid dienone is 2. The normalized spacial score (nSPS) is 20.5. The van der Waals surface area contributed by atoms with Gasteiger partial charge in [-0.3, -0.25) is 4.79 Å². The minimum atomic E-state index is -1.66. The first-order chi connectivity index (χ1) is 33.2. The number of hydrogen-bond donors (Lipinski definition) is 8. The van der Waals surface area contributed by atoms with Crippen molar-refractivity contribution in [3.05, 3.63) is 12.2 Å². The molecule has 9 atom stereocenters. The maximum atomic E-state index is 13.1. The number of carbonyl (C=O) groups is 1. The van der Waals surface area contributed by atoms with E-state index in [0.29, 0.717) is 12.8 Å². The minimum Gasteiger partial charge on any atom is -0.394 e. The Morgan fingerprint density at radius 2 is 0.868 bits per heavy atom. The van der Waals surface area contributed by atoms with Crippen molar-refractivity contribution in [2.75, 3.05) is 13.2 Å². The molecule has 1 fully saturated rings. The molecule has 8 N–H and O–H groups in total. The fourth-order valence-electron chi connectivity index (χ4n) is 9.56. The van der Waals surface area contributed by atoms with Crippen molar-refractivity contribution in [3.63, 3.8) is 0 Å². The molecule has 1 amide bonds. The van der Waals surface area contributed by atoms with Crippen LogP contribution in [0.1, 0.15) is 277 Å². The van der Waals surface area contributed by atoms with E-state index < -0.39 is 74.2 Å². The quantitative estimate of drug-likeness (QED) is 0.0215. The molecule has 0 saturated carbocycles. The number of carbonyl (C=O) groups excluding carboxylic acids is 1. The molecule has 9 unspecified atom stereocenters. The Morgan fingerprint density at radius 3 is 1.26 bits per heavy atom. The Bertz CT molecular complexity index is 1110. The van der Waals surface area contributed by atoms with E-state index >= 15 is 0 Å². The second-order valence-corrected chi connectivity index (χ2v) is 20.7. The highest BCUT2D eigenvalue weighted by Gasteiger charge is 2.44. The summed E-state index contributed by atoms with van der Waals surface area (Å²) in [7, 11) is 0. The molecule has 0 aromatic rings. The summed E-state index contributed by atoms with van der Waals surface area (Å²) in [6.07, 6.45) is 43.0. The van der Waals surface area contributed by atoms with E-state index in [2.05, 4.69) is 31.3 Å². The van der Waals surface area contributed by atoms with Crippen LogP contribution in [0.2, 0.25) is 0 Å². The van der Waals surface area contributed by atoms with Gasteiger partial charge in [0.05, 0.1) is 25.4 Å². The second-order valence-electron chi connectivity index (χ2n) is 20.7. The third-order valence-electron chi connectivity index (χ3n) is 14.3. The van der Waals surface area contributed by atoms with Crippen LogP contribution in [0.3, 0.4) is 0 Å². The Balaban J connectivity index is 2.22. The Kier molecular flexibility index (Phi) is 44.7. The second kappa shape index (κ2) is 46.9. The van der Waals surface area contributed by atoms with Gasteiger partial charge in [-0.15, -0.1) is 0 Å². The van der Waals surface area contributed by atoms with E-state index in [1.54, 1.807) is 0 Å². The van der Waals surface area contributed by atoms with Gasteiger partial charge in [-0.05, 0) is 38.5 Å². The number of aliphatic hydroxyl groups excluding tert-OH is 7. The molecular weight excluding hydrogens is 859 g/mol. The summed E-state index contributed by atoms with van der Waals surface area (Å²) in [6.45, 7) is 3.45. The summed E-state index contributed by atoms with van der Waals surface area (Å²) in [5.41, 5.74) is 0. The van der Waals surface area contributed by atoms with E-state index in [1.165, 1.54) is 199 Å². The fourth-order valence-corrected chi connectivity index (χ4v) is 9.56. The predicted molar refractivity (Wildman–Crippen MR) is 279 cm³/mol. The number of aliphatic hydroxyl groups is 7. The van der Waals surface area contributed by atoms with Crippen LogP contribution in [0.4, 0.5) is 0 Å². The molecule has 0 aromatic heterocycles. The van der Waals surface area contributed by atoms with Crippen LogP contribution in [0.5, 0.6) is 0 Å². The third-order valence-corrected chi connectivity index (χ3v) is 14.3. The van der Waals surface area contributed by atoms with Gasteiger partial charge in [0.1, 0.15) is 36.6 Å². The van der Waals surface area contributed by atoms with Crippen molar-refractivity contribution in [1.29, 1.82) is 0 Å². The lowest BCUT2D eigenvalue weighted by molar-refractivity contribution is -0.303. The largest absolute Gasteiger partial charge is 0.394 e. The van der Waals surface area contributed by atoms with E-state index in [0.717, 1.165) is 38.5 Å². The standard InChI is InChI=1S/C57H111NO10/c1-3-5-7-9-11-13-15-16-17-18-19-20-21-22-23-24-25-26-27-28-29-30-31-32-33-35-36-38-40-42-44-49(60)52(62)48(47-67-57-55(65)54(64)53(63)51(46-59)68-57)58-56(66)50(61)45-43-41-39-37-34-14-12-10-8-6-4-2/h36,38,48-55,57,59-65H,3-35,37,39-47H2,1-2H3,(H,58,66)/b38-36+. The lowest BCUT2D eigenvalue weighted by atomic mass is 9.98. The summed E-state index contributed by atoms with van der Waals surface area (Å²) in [6, 6.07) is -1.18. The van der Waals surface area contributed by atoms with Crippen molar-refractivity contribution in [2.24, 2.45) is 0 Å². The van der Waals surface area contributed by atoms with Crippen LogP contribution >= 0.6 is 0 Å². The van der Waals surface area contributed by atoms with Gasteiger partial charge in [0.2, 0.25) is 5.91 Å². The zero-order chi connectivity index (χ0) is 49.7. The van der Waals surface area contributed by atoms with Crippen LogP contribution in [-0.2, 0) is 14.3 Å². The van der Waals surface area contributed by atoms with Crippen LogP contribution in [0.25, 0.3) is 0 Å². The first kappa shape index (κ1) is 64.9. The van der Waals surface area contributed by atoms with Crippen LogP contribution in [0.15, 0.2) is 12.2 Å². The van der Waals surface area contributed by atoms with Gasteiger partial charge in [0.25, 0.3) is 0 Å². The van der Waals surface area contributed by atoms with Crippen molar-refractivity contribution < 1.29 is 50.0 Å². The molecule has 1 rings (SSSR count). The highest BCUT2D eigenvalue weighted by molar-refractivity contribution is 5.80. The maximum Gasteiger partial charge on any atom is 0.249 e. The Morgan fingerprint density at radius 1 is 0.500 bits per heavy atom. The molecule has 1 saturated heterocycles. The van der Waals surface area contributed by atoms with E-state index in [1.807, 2.05) is 0 Å². The number of ether oxygens (including phenoxy) is 2. The summed E-state index contributed by atoms with van der Waals surface area (Å²) in [4.78, 5) is 13.1. The molecular formula is C57H111NO10. The first-order valence-corrected chi connectivity index (χ1v) is 29.1. The number of rotatable bonds is 50. The van der Waals surface area contributed by atoms with Gasteiger partial charge < -0.3 is 50.5 Å². The summed E-state index contributed by atoms with van der Waals surface area (Å²) in [5, 5.41) is 75.9.